The summed E-state index contributed by atoms with van der Waals surface area (Å²) in [5.74, 6) is 1.23. The van der Waals surface area contributed by atoms with Crippen molar-refractivity contribution in [2.45, 2.75) is 57.8 Å². The molecule has 1 fully saturated rings. The number of aryl methyl sites for hydroxylation is 1. The van der Waals surface area contributed by atoms with E-state index in [2.05, 4.69) is 10.2 Å². The number of hydrogen-bond acceptors (Lipinski definition) is 5. The highest BCUT2D eigenvalue weighted by atomic mass is 16.5. The van der Waals surface area contributed by atoms with Gasteiger partial charge in [-0.15, -0.1) is 10.2 Å². The van der Waals surface area contributed by atoms with Crippen LogP contribution < -0.4 is 5.73 Å². The van der Waals surface area contributed by atoms with Crippen molar-refractivity contribution in [1.82, 2.24) is 10.2 Å². The number of hydrogen-bond donors (Lipinski definition) is 1. The fourth-order valence-corrected chi connectivity index (χ4v) is 2.01. The van der Waals surface area contributed by atoms with Gasteiger partial charge < -0.3 is 14.9 Å². The molecule has 16 heavy (non-hydrogen) atoms. The fourth-order valence-electron chi connectivity index (χ4n) is 2.01. The van der Waals surface area contributed by atoms with Gasteiger partial charge in [0.2, 0.25) is 11.8 Å². The van der Waals surface area contributed by atoms with E-state index in [0.29, 0.717) is 18.4 Å². The number of aromatic nitrogens is 2. The summed E-state index contributed by atoms with van der Waals surface area (Å²) in [7, 11) is 0. The smallest absolute Gasteiger partial charge is 0.242 e. The van der Waals surface area contributed by atoms with E-state index < -0.39 is 0 Å². The summed E-state index contributed by atoms with van der Waals surface area (Å²) in [6, 6.07) is 0.285. The first-order chi connectivity index (χ1) is 7.78. The Kier molecular flexibility index (Phi) is 3.90. The predicted molar refractivity (Wildman–Crippen MR) is 58.7 cm³/mol. The Balaban J connectivity index is 1.78. The quantitative estimate of drug-likeness (QED) is 0.838. The topological polar surface area (TPSA) is 74.2 Å². The Hall–Kier alpha value is -0.940. The van der Waals surface area contributed by atoms with E-state index in [1.165, 1.54) is 0 Å². The molecule has 5 heteroatoms. The van der Waals surface area contributed by atoms with Gasteiger partial charge in [0.25, 0.3) is 0 Å². The van der Waals surface area contributed by atoms with Crippen molar-refractivity contribution in [2.75, 3.05) is 0 Å². The van der Waals surface area contributed by atoms with Crippen LogP contribution in [0.1, 0.15) is 44.4 Å². The van der Waals surface area contributed by atoms with Gasteiger partial charge in [-0.25, -0.2) is 0 Å². The zero-order valence-corrected chi connectivity index (χ0v) is 9.69. The Morgan fingerprint density at radius 2 is 2.19 bits per heavy atom. The fraction of sp³-hybridized carbons (Fsp3) is 0.818. The normalized spacial score (nSPS) is 25.9. The maximum Gasteiger partial charge on any atom is 0.242 e. The van der Waals surface area contributed by atoms with E-state index in [9.17, 15) is 0 Å². The highest BCUT2D eigenvalue weighted by Crippen LogP contribution is 2.20. The van der Waals surface area contributed by atoms with E-state index >= 15 is 0 Å². The summed E-state index contributed by atoms with van der Waals surface area (Å²) in [4.78, 5) is 0. The molecule has 1 aliphatic carbocycles. The molecule has 1 aromatic rings. The summed E-state index contributed by atoms with van der Waals surface area (Å²) in [6.45, 7) is 2.39. The van der Waals surface area contributed by atoms with Gasteiger partial charge in [0.05, 0.1) is 6.10 Å². The summed E-state index contributed by atoms with van der Waals surface area (Å²) >= 11 is 0. The zero-order chi connectivity index (χ0) is 11.4. The minimum Gasteiger partial charge on any atom is -0.423 e. The average molecular weight is 225 g/mol. The molecule has 5 nitrogen and oxygen atoms in total. The third kappa shape index (κ3) is 3.02. The molecule has 0 aromatic carbocycles. The van der Waals surface area contributed by atoms with Crippen LogP contribution in [0.4, 0.5) is 0 Å². The SMILES string of the molecule is CCc1nnc(COC2CCCC(N)C2)o1. The van der Waals surface area contributed by atoms with Gasteiger partial charge in [0.1, 0.15) is 6.61 Å². The third-order valence-corrected chi connectivity index (χ3v) is 2.92. The monoisotopic (exact) mass is 225 g/mol. The van der Waals surface area contributed by atoms with Crippen LogP contribution in [0.25, 0.3) is 0 Å². The molecule has 1 saturated carbocycles. The predicted octanol–water partition coefficient (Wildman–Crippen LogP) is 1.42. The van der Waals surface area contributed by atoms with Crippen molar-refractivity contribution in [1.29, 1.82) is 0 Å². The van der Waals surface area contributed by atoms with Crippen LogP contribution in [-0.2, 0) is 17.8 Å². The molecular weight excluding hydrogens is 206 g/mol. The minimum atomic E-state index is 0.251. The molecule has 0 radical (unpaired) electrons. The lowest BCUT2D eigenvalue weighted by atomic mass is 9.94. The average Bonchev–Trinajstić information content (AvgIpc) is 2.74. The van der Waals surface area contributed by atoms with Crippen molar-refractivity contribution in [2.24, 2.45) is 5.73 Å². The van der Waals surface area contributed by atoms with Crippen LogP contribution in [0.15, 0.2) is 4.42 Å². The Morgan fingerprint density at radius 3 is 2.88 bits per heavy atom. The van der Waals surface area contributed by atoms with Crippen molar-refractivity contribution >= 4 is 0 Å². The highest BCUT2D eigenvalue weighted by Gasteiger charge is 2.20. The molecule has 1 aliphatic rings. The second kappa shape index (κ2) is 5.41. The molecule has 2 N–H and O–H groups in total. The first kappa shape index (κ1) is 11.5. The van der Waals surface area contributed by atoms with E-state index in [1.807, 2.05) is 6.92 Å². The second-order valence-electron chi connectivity index (χ2n) is 4.30. The van der Waals surface area contributed by atoms with Crippen LogP contribution in [0.3, 0.4) is 0 Å². The second-order valence-corrected chi connectivity index (χ2v) is 4.30. The van der Waals surface area contributed by atoms with Gasteiger partial charge in [-0.3, -0.25) is 0 Å². The molecule has 2 rings (SSSR count). The largest absolute Gasteiger partial charge is 0.423 e. The minimum absolute atomic E-state index is 0.251. The molecule has 0 saturated heterocycles. The first-order valence-electron chi connectivity index (χ1n) is 5.96. The maximum absolute atomic E-state index is 5.89. The number of rotatable bonds is 4. The summed E-state index contributed by atoms with van der Waals surface area (Å²) in [5, 5.41) is 7.81. The Morgan fingerprint density at radius 1 is 1.38 bits per heavy atom. The van der Waals surface area contributed by atoms with Crippen LogP contribution in [0.2, 0.25) is 0 Å². The molecule has 0 bridgehead atoms. The molecule has 0 aliphatic heterocycles. The summed E-state index contributed by atoms with van der Waals surface area (Å²) in [5.41, 5.74) is 5.89. The summed E-state index contributed by atoms with van der Waals surface area (Å²) < 4.78 is 11.1. The van der Waals surface area contributed by atoms with Crippen LogP contribution in [0.5, 0.6) is 0 Å². The Bertz CT molecular complexity index is 327. The number of ether oxygens (including phenoxy) is 1. The molecule has 0 spiro atoms. The Labute approximate surface area is 95.4 Å². The van der Waals surface area contributed by atoms with Gasteiger partial charge in [-0.2, -0.15) is 0 Å². The van der Waals surface area contributed by atoms with E-state index in [4.69, 9.17) is 14.9 Å². The van der Waals surface area contributed by atoms with Crippen molar-refractivity contribution in [3.8, 4) is 0 Å². The van der Waals surface area contributed by atoms with Gasteiger partial charge in [0, 0.05) is 12.5 Å². The molecule has 1 heterocycles. The van der Waals surface area contributed by atoms with Crippen LogP contribution >= 0.6 is 0 Å². The third-order valence-electron chi connectivity index (χ3n) is 2.92. The number of nitrogens with zero attached hydrogens (tertiary/aromatic N) is 2. The van der Waals surface area contributed by atoms with Gasteiger partial charge in [0.15, 0.2) is 0 Å². The van der Waals surface area contributed by atoms with E-state index in [1.54, 1.807) is 0 Å². The first-order valence-corrected chi connectivity index (χ1v) is 5.96. The molecule has 90 valence electrons. The lowest BCUT2D eigenvalue weighted by Crippen LogP contribution is -2.32. The zero-order valence-electron chi connectivity index (χ0n) is 9.69. The lowest BCUT2D eigenvalue weighted by Gasteiger charge is -2.26. The van der Waals surface area contributed by atoms with Crippen LogP contribution in [0, 0.1) is 0 Å². The van der Waals surface area contributed by atoms with E-state index in [-0.39, 0.29) is 12.1 Å². The van der Waals surface area contributed by atoms with Gasteiger partial charge >= 0.3 is 0 Å². The van der Waals surface area contributed by atoms with Gasteiger partial charge in [-0.05, 0) is 25.7 Å². The van der Waals surface area contributed by atoms with Gasteiger partial charge in [-0.1, -0.05) is 6.92 Å². The lowest BCUT2D eigenvalue weighted by molar-refractivity contribution is 0.00207. The van der Waals surface area contributed by atoms with Crippen molar-refractivity contribution in [3.63, 3.8) is 0 Å². The maximum atomic E-state index is 5.89. The van der Waals surface area contributed by atoms with Crippen molar-refractivity contribution < 1.29 is 9.15 Å². The number of nitrogens with two attached hydrogens (primary N) is 1. The molecule has 2 unspecified atom stereocenters. The highest BCUT2D eigenvalue weighted by molar-refractivity contribution is 4.80. The van der Waals surface area contributed by atoms with Crippen LogP contribution in [-0.4, -0.2) is 22.3 Å². The molecular formula is C11H19N3O2. The summed E-state index contributed by atoms with van der Waals surface area (Å²) in [6.07, 6.45) is 5.30. The van der Waals surface area contributed by atoms with Crippen molar-refractivity contribution in [3.05, 3.63) is 11.8 Å². The molecule has 1 aromatic heterocycles. The van der Waals surface area contributed by atoms with E-state index in [0.717, 1.165) is 32.1 Å². The standard InChI is InChI=1S/C11H19N3O2/c1-2-10-13-14-11(16-10)7-15-9-5-3-4-8(12)6-9/h8-9H,2-7,12H2,1H3. The molecule has 2 atom stereocenters. The molecule has 0 amide bonds.